The van der Waals surface area contributed by atoms with Crippen LogP contribution in [0.2, 0.25) is 0 Å². The summed E-state index contributed by atoms with van der Waals surface area (Å²) in [4.78, 5) is 22.5. The highest BCUT2D eigenvalue weighted by Crippen LogP contribution is 2.09. The largest absolute Gasteiger partial charge is 0.325 e. The molecular weight excluding hydrogens is 240 g/mol. The molecule has 88 valence electrons. The number of nitrogens with one attached hydrogen (secondary N) is 2. The van der Waals surface area contributed by atoms with Crippen LogP contribution in [0.3, 0.4) is 0 Å². The Morgan fingerprint density at radius 2 is 2.18 bits per heavy atom. The average molecular weight is 251 g/mol. The Labute approximate surface area is 104 Å². The Morgan fingerprint density at radius 3 is 2.76 bits per heavy atom. The van der Waals surface area contributed by atoms with Gasteiger partial charge in [0.05, 0.1) is 0 Å². The summed E-state index contributed by atoms with van der Waals surface area (Å²) in [6.45, 7) is 1.48. The molecule has 1 aromatic rings. The number of rotatable bonds is 2. The maximum absolute atomic E-state index is 11.4. The number of urea groups is 1. The number of imide groups is 1. The summed E-state index contributed by atoms with van der Waals surface area (Å²) in [6.07, 6.45) is 5.22. The molecular formula is C12H11ClN2O2. The monoisotopic (exact) mass is 250 g/mol. The van der Waals surface area contributed by atoms with Gasteiger partial charge < -0.3 is 5.32 Å². The molecule has 1 rings (SSSR count). The summed E-state index contributed by atoms with van der Waals surface area (Å²) in [7, 11) is 0. The van der Waals surface area contributed by atoms with Crippen molar-refractivity contribution in [3.63, 3.8) is 0 Å². The molecule has 0 fully saturated rings. The lowest BCUT2D eigenvalue weighted by molar-refractivity contribution is -0.119. The normalized spacial score (nSPS) is 11.1. The van der Waals surface area contributed by atoms with Crippen LogP contribution in [0, 0.1) is 12.3 Å². The fraction of sp³-hybridized carbons (Fsp3) is 0.167. The molecule has 2 N–H and O–H groups in total. The van der Waals surface area contributed by atoms with Crippen molar-refractivity contribution in [2.75, 3.05) is 5.32 Å². The smallest absolute Gasteiger partial charge is 0.308 e. The van der Waals surface area contributed by atoms with Crippen LogP contribution in [0.1, 0.15) is 12.5 Å². The summed E-state index contributed by atoms with van der Waals surface area (Å²) in [5.41, 5.74) is 1.15. The zero-order valence-electron chi connectivity index (χ0n) is 9.16. The first-order valence-corrected chi connectivity index (χ1v) is 5.29. The molecule has 0 saturated carbocycles. The Hall–Kier alpha value is -1.99. The van der Waals surface area contributed by atoms with E-state index in [0.29, 0.717) is 11.3 Å². The lowest BCUT2D eigenvalue weighted by Gasteiger charge is -2.07. The topological polar surface area (TPSA) is 58.2 Å². The number of hydrogen-bond acceptors (Lipinski definition) is 2. The molecule has 17 heavy (non-hydrogen) atoms. The molecule has 0 saturated heterocycles. The molecule has 0 aliphatic rings. The minimum atomic E-state index is -0.766. The highest BCUT2D eigenvalue weighted by Gasteiger charge is 2.12. The molecule has 5 heteroatoms. The third kappa shape index (κ3) is 4.17. The van der Waals surface area contributed by atoms with Crippen LogP contribution in [-0.2, 0) is 4.79 Å². The molecule has 0 bridgehead atoms. The third-order valence-electron chi connectivity index (χ3n) is 1.89. The van der Waals surface area contributed by atoms with E-state index >= 15 is 0 Å². The summed E-state index contributed by atoms with van der Waals surface area (Å²) < 4.78 is 0. The Bertz CT molecular complexity index is 478. The van der Waals surface area contributed by atoms with Gasteiger partial charge in [-0.15, -0.1) is 18.0 Å². The summed E-state index contributed by atoms with van der Waals surface area (Å²) in [5.74, 6) is 1.88. The number of amides is 3. The Morgan fingerprint density at radius 1 is 1.47 bits per heavy atom. The van der Waals surface area contributed by atoms with Crippen LogP contribution in [0.4, 0.5) is 10.5 Å². The molecule has 1 aromatic carbocycles. The van der Waals surface area contributed by atoms with Crippen LogP contribution in [0.15, 0.2) is 24.3 Å². The molecule has 0 heterocycles. The van der Waals surface area contributed by atoms with Gasteiger partial charge in [-0.05, 0) is 25.1 Å². The van der Waals surface area contributed by atoms with Gasteiger partial charge in [-0.1, -0.05) is 12.0 Å². The minimum absolute atomic E-state index is 0.507. The molecule has 4 nitrogen and oxygen atoms in total. The molecule has 0 radical (unpaired) electrons. The second-order valence-electron chi connectivity index (χ2n) is 3.28. The van der Waals surface area contributed by atoms with Crippen LogP contribution in [-0.4, -0.2) is 17.3 Å². The zero-order chi connectivity index (χ0) is 12.8. The molecule has 1 atom stereocenters. The fourth-order valence-electron chi connectivity index (χ4n) is 1.06. The van der Waals surface area contributed by atoms with Gasteiger partial charge in [-0.3, -0.25) is 10.1 Å². The zero-order valence-corrected chi connectivity index (χ0v) is 9.91. The highest BCUT2D eigenvalue weighted by atomic mass is 35.5. The van der Waals surface area contributed by atoms with Crippen molar-refractivity contribution < 1.29 is 9.59 Å². The van der Waals surface area contributed by atoms with Crippen molar-refractivity contribution >= 4 is 29.2 Å². The van der Waals surface area contributed by atoms with E-state index in [0.717, 1.165) is 0 Å². The van der Waals surface area contributed by atoms with Crippen LogP contribution >= 0.6 is 11.6 Å². The first-order valence-electron chi connectivity index (χ1n) is 4.85. The number of benzene rings is 1. The molecule has 1 unspecified atom stereocenters. The van der Waals surface area contributed by atoms with E-state index in [4.69, 9.17) is 18.0 Å². The van der Waals surface area contributed by atoms with Crippen molar-refractivity contribution in [1.29, 1.82) is 0 Å². The average Bonchev–Trinajstić information content (AvgIpc) is 2.28. The number of halogens is 1. The summed E-state index contributed by atoms with van der Waals surface area (Å²) in [6, 6.07) is 6.08. The predicted molar refractivity (Wildman–Crippen MR) is 66.9 cm³/mol. The van der Waals surface area contributed by atoms with Crippen molar-refractivity contribution in [3.05, 3.63) is 29.8 Å². The van der Waals surface area contributed by atoms with Gasteiger partial charge in [0.25, 0.3) is 0 Å². The third-order valence-corrected chi connectivity index (χ3v) is 2.08. The van der Waals surface area contributed by atoms with Crippen molar-refractivity contribution in [3.8, 4) is 12.3 Å². The van der Waals surface area contributed by atoms with Gasteiger partial charge in [-0.25, -0.2) is 4.79 Å². The first-order chi connectivity index (χ1) is 8.02. The summed E-state index contributed by atoms with van der Waals surface area (Å²) in [5, 5.41) is 3.80. The molecule has 0 spiro atoms. The standard InChI is InChI=1S/C12H11ClN2O2/c1-3-9-5-4-6-10(7-9)14-12(17)15-11(16)8(2)13/h1,4-8H,2H3,(H2,14,15,16,17). The lowest BCUT2D eigenvalue weighted by Crippen LogP contribution is -2.38. The molecule has 0 aliphatic carbocycles. The van der Waals surface area contributed by atoms with Crippen molar-refractivity contribution in [1.82, 2.24) is 5.32 Å². The van der Waals surface area contributed by atoms with Gasteiger partial charge in [0.1, 0.15) is 5.38 Å². The van der Waals surface area contributed by atoms with Gasteiger partial charge in [0, 0.05) is 11.3 Å². The summed E-state index contributed by atoms with van der Waals surface area (Å²) >= 11 is 5.50. The number of carbonyl (C=O) groups excluding carboxylic acids is 2. The van der Waals surface area contributed by atoms with E-state index < -0.39 is 17.3 Å². The van der Waals surface area contributed by atoms with E-state index in [-0.39, 0.29) is 0 Å². The van der Waals surface area contributed by atoms with Gasteiger partial charge >= 0.3 is 6.03 Å². The lowest BCUT2D eigenvalue weighted by atomic mass is 10.2. The number of alkyl halides is 1. The van der Waals surface area contributed by atoms with Crippen molar-refractivity contribution in [2.45, 2.75) is 12.3 Å². The molecule has 0 aromatic heterocycles. The van der Waals surface area contributed by atoms with Crippen molar-refractivity contribution in [2.24, 2.45) is 0 Å². The van der Waals surface area contributed by atoms with E-state index in [9.17, 15) is 9.59 Å². The van der Waals surface area contributed by atoms with Gasteiger partial charge in [0.15, 0.2) is 0 Å². The number of carbonyl (C=O) groups is 2. The second kappa shape index (κ2) is 5.92. The Kier molecular flexibility index (Phi) is 4.56. The van der Waals surface area contributed by atoms with E-state index in [1.165, 1.54) is 6.92 Å². The maximum Gasteiger partial charge on any atom is 0.325 e. The van der Waals surface area contributed by atoms with Crippen LogP contribution in [0.5, 0.6) is 0 Å². The maximum atomic E-state index is 11.4. The molecule has 0 aliphatic heterocycles. The first kappa shape index (κ1) is 13.1. The highest BCUT2D eigenvalue weighted by molar-refractivity contribution is 6.31. The predicted octanol–water partition coefficient (Wildman–Crippen LogP) is 1.94. The SMILES string of the molecule is C#Cc1cccc(NC(=O)NC(=O)C(C)Cl)c1. The van der Waals surface area contributed by atoms with E-state index in [1.807, 2.05) is 0 Å². The van der Waals surface area contributed by atoms with Crippen LogP contribution < -0.4 is 10.6 Å². The number of hydrogen-bond donors (Lipinski definition) is 2. The Balaban J connectivity index is 2.63. The van der Waals surface area contributed by atoms with Crippen LogP contribution in [0.25, 0.3) is 0 Å². The number of anilines is 1. The minimum Gasteiger partial charge on any atom is -0.308 e. The van der Waals surface area contributed by atoms with Gasteiger partial charge in [0.2, 0.25) is 5.91 Å². The fourth-order valence-corrected chi connectivity index (χ4v) is 1.11. The molecule has 3 amide bonds. The second-order valence-corrected chi connectivity index (χ2v) is 3.94. The number of terminal acetylenes is 1. The van der Waals surface area contributed by atoms with Gasteiger partial charge in [-0.2, -0.15) is 0 Å². The quantitative estimate of drug-likeness (QED) is 0.623. The van der Waals surface area contributed by atoms with E-state index in [2.05, 4.69) is 16.6 Å². The van der Waals surface area contributed by atoms with E-state index in [1.54, 1.807) is 24.3 Å².